The molecule has 1 aromatic carbocycles. The van der Waals surface area contributed by atoms with Crippen molar-refractivity contribution in [3.05, 3.63) is 34.7 Å². The molecule has 0 unspecified atom stereocenters. The van der Waals surface area contributed by atoms with E-state index in [0.29, 0.717) is 0 Å². The number of rotatable bonds is 2. The Morgan fingerprint density at radius 1 is 1.19 bits per heavy atom. The van der Waals surface area contributed by atoms with Crippen molar-refractivity contribution < 1.29 is 0 Å². The standard InChI is InChI=1S/C14H17NS/c1-11-4-5-14-12(8-11)9-13(16-14)10-15-6-2-3-7-15/h4-5,8-9H,2-3,6-7,10H2,1H3. The maximum Gasteiger partial charge on any atom is 0.0346 e. The van der Waals surface area contributed by atoms with Gasteiger partial charge in [-0.2, -0.15) is 0 Å². The molecule has 2 heteroatoms. The van der Waals surface area contributed by atoms with E-state index in [-0.39, 0.29) is 0 Å². The summed E-state index contributed by atoms with van der Waals surface area (Å²) in [5.41, 5.74) is 1.36. The lowest BCUT2D eigenvalue weighted by Crippen LogP contribution is -2.17. The average molecular weight is 231 g/mol. The lowest BCUT2D eigenvalue weighted by Gasteiger charge is -2.12. The van der Waals surface area contributed by atoms with E-state index in [1.165, 1.54) is 46.5 Å². The number of aryl methyl sites for hydroxylation is 1. The van der Waals surface area contributed by atoms with E-state index in [1.807, 2.05) is 11.3 Å². The molecule has 0 radical (unpaired) electrons. The molecule has 0 atom stereocenters. The highest BCUT2D eigenvalue weighted by atomic mass is 32.1. The molecular formula is C14H17NS. The van der Waals surface area contributed by atoms with Crippen LogP contribution < -0.4 is 0 Å². The van der Waals surface area contributed by atoms with Crippen molar-refractivity contribution in [2.24, 2.45) is 0 Å². The third kappa shape index (κ3) is 2.00. The smallest absolute Gasteiger partial charge is 0.0346 e. The van der Waals surface area contributed by atoms with Crippen LogP contribution in [0.3, 0.4) is 0 Å². The number of thiophene rings is 1. The molecule has 0 N–H and O–H groups in total. The summed E-state index contributed by atoms with van der Waals surface area (Å²) in [6.07, 6.45) is 2.76. The summed E-state index contributed by atoms with van der Waals surface area (Å²) in [6, 6.07) is 9.12. The van der Waals surface area contributed by atoms with Crippen LogP contribution >= 0.6 is 11.3 Å². The molecule has 1 nitrogen and oxygen atoms in total. The van der Waals surface area contributed by atoms with Crippen molar-refractivity contribution in [2.45, 2.75) is 26.3 Å². The number of benzene rings is 1. The maximum absolute atomic E-state index is 2.57. The van der Waals surface area contributed by atoms with Gasteiger partial charge in [-0.15, -0.1) is 11.3 Å². The molecule has 1 aromatic heterocycles. The molecule has 0 spiro atoms. The topological polar surface area (TPSA) is 3.24 Å². The van der Waals surface area contributed by atoms with Crippen molar-refractivity contribution in [3.8, 4) is 0 Å². The normalized spacial score (nSPS) is 17.3. The van der Waals surface area contributed by atoms with Gasteiger partial charge in [-0.05, 0) is 50.4 Å². The van der Waals surface area contributed by atoms with Gasteiger partial charge in [-0.1, -0.05) is 17.7 Å². The summed E-state index contributed by atoms with van der Waals surface area (Å²) >= 11 is 1.95. The predicted octanol–water partition coefficient (Wildman–Crippen LogP) is 3.81. The van der Waals surface area contributed by atoms with Crippen molar-refractivity contribution in [2.75, 3.05) is 13.1 Å². The van der Waals surface area contributed by atoms with Gasteiger partial charge < -0.3 is 0 Å². The van der Waals surface area contributed by atoms with E-state index in [1.54, 1.807) is 0 Å². The highest BCUT2D eigenvalue weighted by molar-refractivity contribution is 7.19. The molecule has 1 fully saturated rings. The Labute approximate surface area is 101 Å². The maximum atomic E-state index is 2.57. The Kier molecular flexibility index (Phi) is 2.70. The van der Waals surface area contributed by atoms with Gasteiger partial charge in [0.1, 0.15) is 0 Å². The van der Waals surface area contributed by atoms with Gasteiger partial charge in [-0.3, -0.25) is 4.90 Å². The summed E-state index contributed by atoms with van der Waals surface area (Å²) in [4.78, 5) is 4.08. The van der Waals surface area contributed by atoms with Gasteiger partial charge in [-0.25, -0.2) is 0 Å². The molecule has 3 rings (SSSR count). The van der Waals surface area contributed by atoms with Crippen LogP contribution in [0.2, 0.25) is 0 Å². The number of fused-ring (bicyclic) bond motifs is 1. The van der Waals surface area contributed by atoms with Crippen LogP contribution in [-0.2, 0) is 6.54 Å². The van der Waals surface area contributed by atoms with Gasteiger partial charge in [0, 0.05) is 16.1 Å². The minimum Gasteiger partial charge on any atom is -0.298 e. The number of hydrogen-bond donors (Lipinski definition) is 0. The number of nitrogens with zero attached hydrogens (tertiary/aromatic N) is 1. The van der Waals surface area contributed by atoms with E-state index >= 15 is 0 Å². The van der Waals surface area contributed by atoms with Crippen molar-refractivity contribution in [1.82, 2.24) is 4.90 Å². The molecule has 16 heavy (non-hydrogen) atoms. The molecule has 84 valence electrons. The van der Waals surface area contributed by atoms with Gasteiger partial charge in [0.2, 0.25) is 0 Å². The Hall–Kier alpha value is -0.860. The molecule has 0 bridgehead atoms. The summed E-state index contributed by atoms with van der Waals surface area (Å²) in [5, 5.41) is 1.42. The van der Waals surface area contributed by atoms with E-state index in [2.05, 4.69) is 36.1 Å². The van der Waals surface area contributed by atoms with Gasteiger partial charge >= 0.3 is 0 Å². The quantitative estimate of drug-likeness (QED) is 0.759. The first-order chi connectivity index (χ1) is 7.81. The first-order valence-corrected chi connectivity index (χ1v) is 6.84. The molecule has 0 saturated carbocycles. The molecule has 2 aromatic rings. The summed E-state index contributed by atoms with van der Waals surface area (Å²) < 4.78 is 1.43. The Morgan fingerprint density at radius 2 is 2.00 bits per heavy atom. The molecule has 1 aliphatic heterocycles. The fourth-order valence-electron chi connectivity index (χ4n) is 2.46. The van der Waals surface area contributed by atoms with Gasteiger partial charge in [0.05, 0.1) is 0 Å². The van der Waals surface area contributed by atoms with Crippen molar-refractivity contribution in [1.29, 1.82) is 0 Å². The first kappa shape index (κ1) is 10.3. The largest absolute Gasteiger partial charge is 0.298 e. The number of hydrogen-bond acceptors (Lipinski definition) is 2. The van der Waals surface area contributed by atoms with E-state index in [4.69, 9.17) is 0 Å². The van der Waals surface area contributed by atoms with Crippen LogP contribution in [0.4, 0.5) is 0 Å². The molecule has 1 aliphatic rings. The third-order valence-corrected chi connectivity index (χ3v) is 4.40. The minimum absolute atomic E-state index is 1.15. The minimum atomic E-state index is 1.15. The summed E-state index contributed by atoms with van der Waals surface area (Å²) in [5.74, 6) is 0. The fraction of sp³-hybridized carbons (Fsp3) is 0.429. The molecule has 2 heterocycles. The van der Waals surface area contributed by atoms with E-state index in [0.717, 1.165) is 6.54 Å². The molecule has 0 aliphatic carbocycles. The Balaban J connectivity index is 1.86. The summed E-state index contributed by atoms with van der Waals surface area (Å²) in [6.45, 7) is 5.89. The van der Waals surface area contributed by atoms with Crippen LogP contribution in [0.5, 0.6) is 0 Å². The second kappa shape index (κ2) is 4.19. The second-order valence-corrected chi connectivity index (χ2v) is 5.91. The van der Waals surface area contributed by atoms with Crippen LogP contribution in [0.1, 0.15) is 23.3 Å². The Bertz CT molecular complexity index is 494. The fourth-order valence-corrected chi connectivity index (χ4v) is 3.54. The van der Waals surface area contributed by atoms with Gasteiger partial charge in [0.25, 0.3) is 0 Å². The number of likely N-dealkylation sites (tertiary alicyclic amines) is 1. The molecule has 1 saturated heterocycles. The highest BCUT2D eigenvalue weighted by Crippen LogP contribution is 2.28. The van der Waals surface area contributed by atoms with Crippen LogP contribution in [-0.4, -0.2) is 18.0 Å². The van der Waals surface area contributed by atoms with Crippen molar-refractivity contribution in [3.63, 3.8) is 0 Å². The monoisotopic (exact) mass is 231 g/mol. The van der Waals surface area contributed by atoms with Crippen LogP contribution in [0.15, 0.2) is 24.3 Å². The van der Waals surface area contributed by atoms with E-state index < -0.39 is 0 Å². The van der Waals surface area contributed by atoms with Crippen LogP contribution in [0.25, 0.3) is 10.1 Å². The average Bonchev–Trinajstić information content (AvgIpc) is 2.86. The Morgan fingerprint density at radius 3 is 2.81 bits per heavy atom. The molecular weight excluding hydrogens is 214 g/mol. The molecule has 0 amide bonds. The SMILES string of the molecule is Cc1ccc2sc(CN3CCCC3)cc2c1. The zero-order valence-corrected chi connectivity index (χ0v) is 10.5. The lowest BCUT2D eigenvalue weighted by molar-refractivity contribution is 0.334. The third-order valence-electron chi connectivity index (χ3n) is 3.30. The van der Waals surface area contributed by atoms with Crippen LogP contribution in [0, 0.1) is 6.92 Å². The second-order valence-electron chi connectivity index (χ2n) is 4.74. The lowest BCUT2D eigenvalue weighted by atomic mass is 10.2. The summed E-state index contributed by atoms with van der Waals surface area (Å²) in [7, 11) is 0. The predicted molar refractivity (Wildman–Crippen MR) is 71.1 cm³/mol. The van der Waals surface area contributed by atoms with Gasteiger partial charge in [0.15, 0.2) is 0 Å². The zero-order chi connectivity index (χ0) is 11.0. The van der Waals surface area contributed by atoms with E-state index in [9.17, 15) is 0 Å². The zero-order valence-electron chi connectivity index (χ0n) is 9.70. The van der Waals surface area contributed by atoms with Crippen molar-refractivity contribution >= 4 is 21.4 Å². The highest BCUT2D eigenvalue weighted by Gasteiger charge is 2.13. The first-order valence-electron chi connectivity index (χ1n) is 6.03.